The number of hydrogen-bond acceptors (Lipinski definition) is 2. The van der Waals surface area contributed by atoms with Crippen LogP contribution in [0.4, 0.5) is 8.78 Å². The Hall–Kier alpha value is -1.94. The summed E-state index contributed by atoms with van der Waals surface area (Å²) in [6, 6.07) is 11.1. The fourth-order valence-electron chi connectivity index (χ4n) is 1.68. The standard InChI is InChI=1S/C15H15F2NO/c1-10-5-7-11(8-6-10)13(18)9-19-14-4-2-3-12(16)15(14)17/h2-8,13H,9,18H2,1H3. The van der Waals surface area contributed by atoms with Gasteiger partial charge >= 0.3 is 0 Å². The van der Waals surface area contributed by atoms with Gasteiger partial charge in [0.25, 0.3) is 0 Å². The van der Waals surface area contributed by atoms with E-state index in [4.69, 9.17) is 10.5 Å². The third-order valence-corrected chi connectivity index (χ3v) is 2.84. The van der Waals surface area contributed by atoms with E-state index in [1.165, 1.54) is 12.1 Å². The molecule has 0 saturated heterocycles. The number of halogens is 2. The van der Waals surface area contributed by atoms with Crippen molar-refractivity contribution in [2.75, 3.05) is 6.61 Å². The first kappa shape index (κ1) is 13.5. The van der Waals surface area contributed by atoms with Crippen molar-refractivity contribution in [2.24, 2.45) is 5.73 Å². The lowest BCUT2D eigenvalue weighted by Crippen LogP contribution is -2.19. The van der Waals surface area contributed by atoms with Crippen LogP contribution in [0, 0.1) is 18.6 Å². The lowest BCUT2D eigenvalue weighted by molar-refractivity contribution is 0.272. The smallest absolute Gasteiger partial charge is 0.200 e. The minimum atomic E-state index is -0.987. The molecule has 1 atom stereocenters. The first-order chi connectivity index (χ1) is 9.08. The molecular weight excluding hydrogens is 248 g/mol. The van der Waals surface area contributed by atoms with Gasteiger partial charge in [0, 0.05) is 0 Å². The second-order valence-corrected chi connectivity index (χ2v) is 4.38. The molecule has 0 aromatic heterocycles. The van der Waals surface area contributed by atoms with Crippen molar-refractivity contribution >= 4 is 0 Å². The van der Waals surface area contributed by atoms with Gasteiger partial charge in [-0.25, -0.2) is 4.39 Å². The quantitative estimate of drug-likeness (QED) is 0.918. The molecule has 0 heterocycles. The molecule has 0 amide bonds. The summed E-state index contributed by atoms with van der Waals surface area (Å²) in [7, 11) is 0. The highest BCUT2D eigenvalue weighted by molar-refractivity contribution is 5.26. The summed E-state index contributed by atoms with van der Waals surface area (Å²) in [5, 5.41) is 0. The number of hydrogen-bond donors (Lipinski definition) is 1. The highest BCUT2D eigenvalue weighted by Crippen LogP contribution is 2.20. The van der Waals surface area contributed by atoms with E-state index in [1.807, 2.05) is 31.2 Å². The average Bonchev–Trinajstić information content (AvgIpc) is 2.41. The molecule has 0 fully saturated rings. The maximum absolute atomic E-state index is 13.4. The molecule has 4 heteroatoms. The van der Waals surface area contributed by atoms with Gasteiger partial charge in [0.15, 0.2) is 11.6 Å². The van der Waals surface area contributed by atoms with E-state index in [2.05, 4.69) is 0 Å². The molecule has 0 aliphatic heterocycles. The van der Waals surface area contributed by atoms with E-state index < -0.39 is 11.6 Å². The van der Waals surface area contributed by atoms with Crippen LogP contribution in [-0.4, -0.2) is 6.61 Å². The van der Waals surface area contributed by atoms with Gasteiger partial charge < -0.3 is 10.5 Å². The highest BCUT2D eigenvalue weighted by atomic mass is 19.2. The molecule has 2 aromatic carbocycles. The van der Waals surface area contributed by atoms with Crippen LogP contribution < -0.4 is 10.5 Å². The second kappa shape index (κ2) is 5.80. The lowest BCUT2D eigenvalue weighted by atomic mass is 10.1. The Labute approximate surface area is 110 Å². The summed E-state index contributed by atoms with van der Waals surface area (Å²) in [6.45, 7) is 2.07. The molecule has 0 saturated carbocycles. The average molecular weight is 263 g/mol. The summed E-state index contributed by atoms with van der Waals surface area (Å²) >= 11 is 0. The van der Waals surface area contributed by atoms with E-state index in [0.717, 1.165) is 17.2 Å². The number of aryl methyl sites for hydroxylation is 1. The Balaban J connectivity index is 2.02. The van der Waals surface area contributed by atoms with Crippen LogP contribution in [0.3, 0.4) is 0 Å². The van der Waals surface area contributed by atoms with Crippen molar-refractivity contribution in [3.05, 3.63) is 65.2 Å². The van der Waals surface area contributed by atoms with Crippen molar-refractivity contribution < 1.29 is 13.5 Å². The normalized spacial score (nSPS) is 12.2. The maximum atomic E-state index is 13.4. The van der Waals surface area contributed by atoms with Gasteiger partial charge in [-0.2, -0.15) is 4.39 Å². The van der Waals surface area contributed by atoms with Crippen LogP contribution in [0.25, 0.3) is 0 Å². The summed E-state index contributed by atoms with van der Waals surface area (Å²) in [5.41, 5.74) is 7.96. The largest absolute Gasteiger partial charge is 0.488 e. The minimum absolute atomic E-state index is 0.0867. The molecule has 0 bridgehead atoms. The number of rotatable bonds is 4. The molecule has 2 rings (SSSR count). The Kier molecular flexibility index (Phi) is 4.12. The molecule has 0 spiro atoms. The molecular formula is C15H15F2NO. The Bertz CT molecular complexity index is 555. The van der Waals surface area contributed by atoms with Gasteiger partial charge in [0.05, 0.1) is 6.04 Å². The summed E-state index contributed by atoms with van der Waals surface area (Å²) in [5.74, 6) is -2.04. The zero-order chi connectivity index (χ0) is 13.8. The Morgan fingerprint density at radius 3 is 2.47 bits per heavy atom. The third kappa shape index (κ3) is 3.29. The van der Waals surface area contributed by atoms with E-state index in [1.54, 1.807) is 0 Å². The van der Waals surface area contributed by atoms with Crippen LogP contribution in [0.2, 0.25) is 0 Å². The Morgan fingerprint density at radius 2 is 1.79 bits per heavy atom. The van der Waals surface area contributed by atoms with Crippen molar-refractivity contribution in [2.45, 2.75) is 13.0 Å². The van der Waals surface area contributed by atoms with E-state index in [-0.39, 0.29) is 18.4 Å². The van der Waals surface area contributed by atoms with Crippen LogP contribution in [0.15, 0.2) is 42.5 Å². The van der Waals surface area contributed by atoms with Gasteiger partial charge in [0.2, 0.25) is 5.82 Å². The molecule has 0 radical (unpaired) electrons. The molecule has 2 nitrogen and oxygen atoms in total. The van der Waals surface area contributed by atoms with Crippen molar-refractivity contribution in [1.82, 2.24) is 0 Å². The molecule has 2 N–H and O–H groups in total. The second-order valence-electron chi connectivity index (χ2n) is 4.38. The van der Waals surface area contributed by atoms with Crippen molar-refractivity contribution in [3.63, 3.8) is 0 Å². The monoisotopic (exact) mass is 263 g/mol. The molecule has 0 aliphatic rings. The topological polar surface area (TPSA) is 35.2 Å². The van der Waals surface area contributed by atoms with Gasteiger partial charge in [-0.15, -0.1) is 0 Å². The molecule has 0 aliphatic carbocycles. The molecule has 100 valence electrons. The summed E-state index contributed by atoms with van der Waals surface area (Å²) < 4.78 is 31.6. The fourth-order valence-corrected chi connectivity index (χ4v) is 1.68. The third-order valence-electron chi connectivity index (χ3n) is 2.84. The van der Waals surface area contributed by atoms with Crippen molar-refractivity contribution in [3.8, 4) is 5.75 Å². The van der Waals surface area contributed by atoms with Crippen LogP contribution in [0.1, 0.15) is 17.2 Å². The summed E-state index contributed by atoms with van der Waals surface area (Å²) in [4.78, 5) is 0. The minimum Gasteiger partial charge on any atom is -0.488 e. The van der Waals surface area contributed by atoms with Gasteiger partial charge in [0.1, 0.15) is 6.61 Å². The fraction of sp³-hybridized carbons (Fsp3) is 0.200. The van der Waals surface area contributed by atoms with Gasteiger partial charge in [-0.1, -0.05) is 35.9 Å². The van der Waals surface area contributed by atoms with Crippen LogP contribution in [0.5, 0.6) is 5.75 Å². The predicted molar refractivity (Wildman–Crippen MR) is 70.0 cm³/mol. The number of ether oxygens (including phenoxy) is 1. The molecule has 1 unspecified atom stereocenters. The first-order valence-corrected chi connectivity index (χ1v) is 5.97. The van der Waals surface area contributed by atoms with Crippen molar-refractivity contribution in [1.29, 1.82) is 0 Å². The number of nitrogens with two attached hydrogens (primary N) is 1. The maximum Gasteiger partial charge on any atom is 0.200 e. The van der Waals surface area contributed by atoms with E-state index >= 15 is 0 Å². The lowest BCUT2D eigenvalue weighted by Gasteiger charge is -2.14. The SMILES string of the molecule is Cc1ccc(C(N)COc2cccc(F)c2F)cc1. The van der Waals surface area contributed by atoms with Crippen LogP contribution in [-0.2, 0) is 0 Å². The van der Waals surface area contributed by atoms with E-state index in [0.29, 0.717) is 0 Å². The number of benzene rings is 2. The molecule has 2 aromatic rings. The van der Waals surface area contributed by atoms with Crippen LogP contribution >= 0.6 is 0 Å². The predicted octanol–water partition coefficient (Wildman–Crippen LogP) is 3.35. The van der Waals surface area contributed by atoms with Gasteiger partial charge in [-0.3, -0.25) is 0 Å². The summed E-state index contributed by atoms with van der Waals surface area (Å²) in [6.07, 6.45) is 0. The highest BCUT2D eigenvalue weighted by Gasteiger charge is 2.11. The zero-order valence-corrected chi connectivity index (χ0v) is 10.6. The molecule has 19 heavy (non-hydrogen) atoms. The van der Waals surface area contributed by atoms with Gasteiger partial charge in [-0.05, 0) is 24.6 Å². The van der Waals surface area contributed by atoms with E-state index in [9.17, 15) is 8.78 Å². The zero-order valence-electron chi connectivity index (χ0n) is 10.6. The first-order valence-electron chi connectivity index (χ1n) is 5.97. The Morgan fingerprint density at radius 1 is 1.11 bits per heavy atom.